The van der Waals surface area contributed by atoms with Gasteiger partial charge in [0.05, 0.1) is 23.9 Å². The van der Waals surface area contributed by atoms with Gasteiger partial charge in [0.1, 0.15) is 5.69 Å². The van der Waals surface area contributed by atoms with E-state index < -0.39 is 18.7 Å². The molecule has 0 atom stereocenters. The van der Waals surface area contributed by atoms with Crippen LogP contribution in [0.5, 0.6) is 0 Å². The molecule has 0 aliphatic heterocycles. The van der Waals surface area contributed by atoms with Crippen molar-refractivity contribution in [1.82, 2.24) is 4.98 Å². The number of hydrogen-bond acceptors (Lipinski definition) is 4. The van der Waals surface area contributed by atoms with Crippen LogP contribution < -0.4 is 5.73 Å². The molecule has 80 valence electrons. The molecule has 4 nitrogen and oxygen atoms in total. The Kier molecular flexibility index (Phi) is 3.66. The number of pyridine rings is 1. The van der Waals surface area contributed by atoms with E-state index in [1.165, 1.54) is 6.07 Å². The minimum atomic E-state index is -2.80. The van der Waals surface area contributed by atoms with Gasteiger partial charge in [0.15, 0.2) is 0 Å². The molecule has 0 fully saturated rings. The van der Waals surface area contributed by atoms with Crippen LogP contribution in [0, 0.1) is 11.3 Å². The summed E-state index contributed by atoms with van der Waals surface area (Å²) < 4.78 is 25.1. The first kappa shape index (κ1) is 11.5. The smallest absolute Gasteiger partial charge is 0.280 e. The van der Waals surface area contributed by atoms with Crippen molar-refractivity contribution in [2.24, 2.45) is 5.73 Å². The van der Waals surface area contributed by atoms with Crippen LogP contribution >= 0.6 is 0 Å². The molecule has 0 saturated carbocycles. The Labute approximate surface area is 85.0 Å². The number of aromatic nitrogens is 1. The van der Waals surface area contributed by atoms with Gasteiger partial charge in [-0.05, 0) is 6.07 Å². The molecule has 0 bridgehead atoms. The molecule has 0 amide bonds. The molecule has 1 aromatic rings. The van der Waals surface area contributed by atoms with Gasteiger partial charge in [-0.2, -0.15) is 5.26 Å². The van der Waals surface area contributed by atoms with Crippen LogP contribution in [0.4, 0.5) is 8.78 Å². The van der Waals surface area contributed by atoms with Gasteiger partial charge < -0.3 is 10.8 Å². The lowest BCUT2D eigenvalue weighted by molar-refractivity contribution is 0.144. The van der Waals surface area contributed by atoms with E-state index >= 15 is 0 Å². The fourth-order valence-corrected chi connectivity index (χ4v) is 1.22. The number of aliphatic hydroxyl groups excluding tert-OH is 1. The molecule has 0 aliphatic rings. The first-order valence-corrected chi connectivity index (χ1v) is 4.15. The largest absolute Gasteiger partial charge is 0.390 e. The van der Waals surface area contributed by atoms with Crippen molar-refractivity contribution in [2.45, 2.75) is 19.6 Å². The van der Waals surface area contributed by atoms with Crippen molar-refractivity contribution < 1.29 is 13.9 Å². The first-order chi connectivity index (χ1) is 7.13. The summed E-state index contributed by atoms with van der Waals surface area (Å²) in [7, 11) is 0. The minimum Gasteiger partial charge on any atom is -0.390 e. The summed E-state index contributed by atoms with van der Waals surface area (Å²) in [4.78, 5) is 3.54. The van der Waals surface area contributed by atoms with Gasteiger partial charge in [-0.15, -0.1) is 0 Å². The number of nitrogens with two attached hydrogens (primary N) is 1. The number of halogens is 2. The molecule has 0 radical (unpaired) electrons. The number of nitrogens with zero attached hydrogens (tertiary/aromatic N) is 2. The monoisotopic (exact) mass is 213 g/mol. The maximum atomic E-state index is 12.5. The Hall–Kier alpha value is -1.58. The van der Waals surface area contributed by atoms with Crippen LogP contribution in [-0.4, -0.2) is 10.1 Å². The molecule has 15 heavy (non-hydrogen) atoms. The van der Waals surface area contributed by atoms with Gasteiger partial charge in [-0.25, -0.2) is 13.8 Å². The average Bonchev–Trinajstić information content (AvgIpc) is 2.26. The third kappa shape index (κ3) is 2.26. The molecule has 3 N–H and O–H groups in total. The van der Waals surface area contributed by atoms with Gasteiger partial charge in [-0.1, -0.05) is 0 Å². The van der Waals surface area contributed by atoms with Crippen LogP contribution in [0.1, 0.15) is 28.9 Å². The summed E-state index contributed by atoms with van der Waals surface area (Å²) in [6, 6.07) is 3.01. The number of alkyl halides is 2. The van der Waals surface area contributed by atoms with E-state index in [0.717, 1.165) is 0 Å². The standard InChI is InChI=1S/C9H9F2N3O/c10-9(11)8-7(3-13)5(2-12)1-6(4-15)14-8/h1,9,15H,3-4,13H2. The van der Waals surface area contributed by atoms with Crippen molar-refractivity contribution in [3.8, 4) is 6.07 Å². The van der Waals surface area contributed by atoms with E-state index in [-0.39, 0.29) is 23.4 Å². The summed E-state index contributed by atoms with van der Waals surface area (Å²) in [6.07, 6.45) is -2.80. The van der Waals surface area contributed by atoms with Gasteiger partial charge in [0.2, 0.25) is 0 Å². The van der Waals surface area contributed by atoms with E-state index in [1.54, 1.807) is 6.07 Å². The number of rotatable bonds is 3. The molecular weight excluding hydrogens is 204 g/mol. The SMILES string of the molecule is N#Cc1cc(CO)nc(C(F)F)c1CN. The van der Waals surface area contributed by atoms with E-state index in [9.17, 15) is 8.78 Å². The molecule has 0 spiro atoms. The molecular formula is C9H9F2N3O. The highest BCUT2D eigenvalue weighted by Gasteiger charge is 2.18. The second kappa shape index (κ2) is 4.77. The van der Waals surface area contributed by atoms with Crippen molar-refractivity contribution in [3.63, 3.8) is 0 Å². The molecule has 6 heteroatoms. The van der Waals surface area contributed by atoms with Gasteiger partial charge in [0, 0.05) is 12.1 Å². The minimum absolute atomic E-state index is 0.0321. The predicted octanol–water partition coefficient (Wildman–Crippen LogP) is 0.842. The maximum Gasteiger partial charge on any atom is 0.280 e. The zero-order valence-corrected chi connectivity index (χ0v) is 7.74. The van der Waals surface area contributed by atoms with Crippen LogP contribution in [0.25, 0.3) is 0 Å². The summed E-state index contributed by atoms with van der Waals surface area (Å²) in [6.45, 7) is -0.666. The quantitative estimate of drug-likeness (QED) is 0.779. The lowest BCUT2D eigenvalue weighted by Gasteiger charge is -2.09. The van der Waals surface area contributed by atoms with Crippen LogP contribution in [-0.2, 0) is 13.2 Å². The average molecular weight is 213 g/mol. The molecule has 0 aliphatic carbocycles. The van der Waals surface area contributed by atoms with E-state index in [1.807, 2.05) is 0 Å². The van der Waals surface area contributed by atoms with E-state index in [2.05, 4.69) is 4.98 Å². The van der Waals surface area contributed by atoms with Crippen LogP contribution in [0.15, 0.2) is 6.07 Å². The number of hydrogen-bond donors (Lipinski definition) is 2. The van der Waals surface area contributed by atoms with Gasteiger partial charge in [0.25, 0.3) is 6.43 Å². The molecule has 1 aromatic heterocycles. The Morgan fingerprint density at radius 1 is 1.60 bits per heavy atom. The van der Waals surface area contributed by atoms with Gasteiger partial charge in [-0.3, -0.25) is 0 Å². The molecule has 0 saturated heterocycles. The predicted molar refractivity (Wildman–Crippen MR) is 47.7 cm³/mol. The van der Waals surface area contributed by atoms with E-state index in [0.29, 0.717) is 0 Å². The highest BCUT2D eigenvalue weighted by atomic mass is 19.3. The fourth-order valence-electron chi connectivity index (χ4n) is 1.22. The first-order valence-electron chi connectivity index (χ1n) is 4.15. The van der Waals surface area contributed by atoms with Gasteiger partial charge >= 0.3 is 0 Å². The van der Waals surface area contributed by atoms with E-state index in [4.69, 9.17) is 16.1 Å². The second-order valence-corrected chi connectivity index (χ2v) is 2.80. The van der Waals surface area contributed by atoms with Crippen molar-refractivity contribution in [1.29, 1.82) is 5.26 Å². The zero-order chi connectivity index (χ0) is 11.4. The van der Waals surface area contributed by atoms with Crippen molar-refractivity contribution in [3.05, 3.63) is 28.6 Å². The lowest BCUT2D eigenvalue weighted by atomic mass is 10.1. The summed E-state index contributed by atoms with van der Waals surface area (Å²) >= 11 is 0. The molecule has 0 unspecified atom stereocenters. The topological polar surface area (TPSA) is 82.9 Å². The molecule has 1 heterocycles. The summed E-state index contributed by atoms with van der Waals surface area (Å²) in [5, 5.41) is 17.5. The van der Waals surface area contributed by atoms with Crippen molar-refractivity contribution in [2.75, 3.05) is 0 Å². The number of nitriles is 1. The molecule has 1 rings (SSSR count). The highest BCUT2D eigenvalue weighted by Crippen LogP contribution is 2.23. The van der Waals surface area contributed by atoms with Crippen LogP contribution in [0.2, 0.25) is 0 Å². The second-order valence-electron chi connectivity index (χ2n) is 2.80. The Balaban J connectivity index is 3.41. The zero-order valence-electron chi connectivity index (χ0n) is 7.74. The summed E-state index contributed by atoms with van der Waals surface area (Å²) in [5.74, 6) is 0. The third-order valence-electron chi connectivity index (χ3n) is 1.90. The Morgan fingerprint density at radius 3 is 2.67 bits per heavy atom. The van der Waals surface area contributed by atoms with Crippen LogP contribution in [0.3, 0.4) is 0 Å². The maximum absolute atomic E-state index is 12.5. The Morgan fingerprint density at radius 2 is 2.27 bits per heavy atom. The number of aliphatic hydroxyl groups is 1. The molecule has 0 aromatic carbocycles. The highest BCUT2D eigenvalue weighted by molar-refractivity contribution is 5.41. The fraction of sp³-hybridized carbons (Fsp3) is 0.333. The third-order valence-corrected chi connectivity index (χ3v) is 1.90. The lowest BCUT2D eigenvalue weighted by Crippen LogP contribution is -2.09. The van der Waals surface area contributed by atoms with Crippen molar-refractivity contribution >= 4 is 0 Å². The normalized spacial score (nSPS) is 10.4. The Bertz CT molecular complexity index is 401. The summed E-state index contributed by atoms with van der Waals surface area (Å²) in [5.41, 5.74) is 4.85.